The normalized spacial score (nSPS) is 16.0. The maximum absolute atomic E-state index is 12.3. The summed E-state index contributed by atoms with van der Waals surface area (Å²) in [6.45, 7) is 4.23. The van der Waals surface area contributed by atoms with E-state index >= 15 is 0 Å². The van der Waals surface area contributed by atoms with Crippen LogP contribution < -0.4 is 10.6 Å². The molecular formula is C18H20ClN3OS2. The number of aliphatic imine (C=N–C) groups is 1. The Bertz CT molecular complexity index is 803. The number of amides is 1. The van der Waals surface area contributed by atoms with Crippen LogP contribution in [0.15, 0.2) is 35.3 Å². The summed E-state index contributed by atoms with van der Waals surface area (Å²) in [7, 11) is 0. The number of nitrogens with one attached hydrogen (secondary N) is 2. The number of carbonyl (C=O) groups excluding carboxylic acids is 1. The number of benzene rings is 1. The molecule has 1 amide bonds. The largest absolute Gasteiger partial charge is 0.335 e. The van der Waals surface area contributed by atoms with Crippen molar-refractivity contribution < 1.29 is 4.79 Å². The molecule has 7 heteroatoms. The van der Waals surface area contributed by atoms with E-state index in [1.165, 1.54) is 10.4 Å². The van der Waals surface area contributed by atoms with Crippen LogP contribution >= 0.6 is 34.7 Å². The summed E-state index contributed by atoms with van der Waals surface area (Å²) in [5, 5.41) is 7.93. The lowest BCUT2D eigenvalue weighted by Crippen LogP contribution is -2.19. The van der Waals surface area contributed by atoms with E-state index in [9.17, 15) is 4.79 Å². The van der Waals surface area contributed by atoms with Crippen LogP contribution in [0.2, 0.25) is 5.02 Å². The quantitative estimate of drug-likeness (QED) is 0.674. The lowest BCUT2D eigenvalue weighted by atomic mass is 10.2. The second-order valence-electron chi connectivity index (χ2n) is 5.60. The van der Waals surface area contributed by atoms with Crippen LogP contribution in [-0.4, -0.2) is 17.5 Å². The average molecular weight is 394 g/mol. The van der Waals surface area contributed by atoms with Gasteiger partial charge in [-0.15, -0.1) is 23.1 Å². The predicted octanol–water partition coefficient (Wildman–Crippen LogP) is 5.57. The average Bonchev–Trinajstić information content (AvgIpc) is 3.04. The van der Waals surface area contributed by atoms with Crippen LogP contribution in [0, 0.1) is 0 Å². The molecule has 0 saturated heterocycles. The summed E-state index contributed by atoms with van der Waals surface area (Å²) in [5.41, 5.74) is 1.82. The van der Waals surface area contributed by atoms with Gasteiger partial charge in [0.2, 0.25) is 5.91 Å². The number of rotatable bonds is 6. The molecule has 1 aliphatic heterocycles. The van der Waals surface area contributed by atoms with E-state index in [1.807, 2.05) is 12.1 Å². The third-order valence-electron chi connectivity index (χ3n) is 3.81. The molecule has 1 aromatic carbocycles. The van der Waals surface area contributed by atoms with Crippen LogP contribution in [0.25, 0.3) is 0 Å². The first kappa shape index (κ1) is 18.3. The van der Waals surface area contributed by atoms with Crippen molar-refractivity contribution in [1.82, 2.24) is 0 Å². The van der Waals surface area contributed by atoms with Gasteiger partial charge in [0, 0.05) is 16.9 Å². The lowest BCUT2D eigenvalue weighted by Gasteiger charge is -2.21. The molecule has 0 spiro atoms. The molecule has 0 saturated carbocycles. The summed E-state index contributed by atoms with van der Waals surface area (Å²) in [6.07, 6.45) is 1.85. The zero-order chi connectivity index (χ0) is 17.8. The van der Waals surface area contributed by atoms with Crippen molar-refractivity contribution in [2.24, 2.45) is 4.99 Å². The summed E-state index contributed by atoms with van der Waals surface area (Å²) >= 11 is 9.40. The fourth-order valence-electron chi connectivity index (χ4n) is 2.50. The minimum Gasteiger partial charge on any atom is -0.335 e. The Morgan fingerprint density at radius 2 is 2.16 bits per heavy atom. The predicted molar refractivity (Wildman–Crippen MR) is 110 cm³/mol. The smallest absolute Gasteiger partial charge is 0.234 e. The van der Waals surface area contributed by atoms with Gasteiger partial charge in [0.1, 0.15) is 16.2 Å². The molecule has 0 bridgehead atoms. The lowest BCUT2D eigenvalue weighted by molar-refractivity contribution is -0.113. The molecule has 2 N–H and O–H groups in total. The minimum absolute atomic E-state index is 0.0419. The highest BCUT2D eigenvalue weighted by Crippen LogP contribution is 2.43. The molecule has 4 nitrogen and oxygen atoms in total. The van der Waals surface area contributed by atoms with E-state index < -0.39 is 0 Å². The summed E-state index contributed by atoms with van der Waals surface area (Å²) in [5.74, 6) is 1.23. The molecular weight excluding hydrogens is 374 g/mol. The summed E-state index contributed by atoms with van der Waals surface area (Å²) in [6, 6.07) is 9.45. The van der Waals surface area contributed by atoms with Gasteiger partial charge in [-0.05, 0) is 24.6 Å². The standard InChI is InChI=1S/C18H20ClN3OS2/c1-3-11-9-12-17(21-15(4-2)22-18(12)25-11)24-10-16(23)20-14-8-6-5-7-13(14)19/h5-9,17H,3-4,10H2,1-2H3,(H,20,23)(H,21,22). The van der Waals surface area contributed by atoms with Gasteiger partial charge in [-0.25, -0.2) is 0 Å². The van der Waals surface area contributed by atoms with Crippen molar-refractivity contribution in [1.29, 1.82) is 0 Å². The fraction of sp³-hybridized carbons (Fsp3) is 0.333. The molecule has 25 heavy (non-hydrogen) atoms. The second kappa shape index (κ2) is 8.25. The maximum Gasteiger partial charge on any atom is 0.234 e. The van der Waals surface area contributed by atoms with Crippen molar-refractivity contribution in [2.75, 3.05) is 16.4 Å². The molecule has 2 aromatic rings. The van der Waals surface area contributed by atoms with Crippen molar-refractivity contribution in [3.8, 4) is 0 Å². The van der Waals surface area contributed by atoms with Crippen molar-refractivity contribution in [3.63, 3.8) is 0 Å². The Morgan fingerprint density at radius 3 is 2.88 bits per heavy atom. The van der Waals surface area contributed by atoms with Crippen LogP contribution in [0.1, 0.15) is 36.1 Å². The summed E-state index contributed by atoms with van der Waals surface area (Å²) in [4.78, 5) is 18.4. The number of halogens is 1. The number of thiophene rings is 1. The Balaban J connectivity index is 1.68. The highest BCUT2D eigenvalue weighted by atomic mass is 35.5. The van der Waals surface area contributed by atoms with E-state index in [-0.39, 0.29) is 11.3 Å². The third kappa shape index (κ3) is 4.37. The van der Waals surface area contributed by atoms with E-state index in [4.69, 9.17) is 16.6 Å². The number of anilines is 2. The van der Waals surface area contributed by atoms with Crippen LogP contribution in [0.4, 0.5) is 10.7 Å². The maximum atomic E-state index is 12.3. The fourth-order valence-corrected chi connectivity index (χ4v) is 4.75. The van der Waals surface area contributed by atoms with Crippen molar-refractivity contribution in [2.45, 2.75) is 32.1 Å². The van der Waals surface area contributed by atoms with E-state index in [2.05, 4.69) is 30.5 Å². The molecule has 1 aromatic heterocycles. The molecule has 1 aliphatic rings. The first-order valence-electron chi connectivity index (χ1n) is 8.23. The number of nitrogens with zero attached hydrogens (tertiary/aromatic N) is 1. The molecule has 3 rings (SSSR count). The highest BCUT2D eigenvalue weighted by Gasteiger charge is 2.24. The topological polar surface area (TPSA) is 53.5 Å². The number of carbonyl (C=O) groups is 1. The van der Waals surface area contributed by atoms with Crippen LogP contribution in [-0.2, 0) is 11.2 Å². The van der Waals surface area contributed by atoms with Gasteiger partial charge < -0.3 is 10.6 Å². The first-order chi connectivity index (χ1) is 12.1. The van der Waals surface area contributed by atoms with Gasteiger partial charge in [-0.3, -0.25) is 9.79 Å². The SMILES string of the molecule is CCC1=NC(SCC(=O)Nc2ccccc2Cl)c2cc(CC)sc2N1. The number of amidine groups is 1. The van der Waals surface area contributed by atoms with Crippen molar-refractivity contribution >= 4 is 57.1 Å². The molecule has 0 aliphatic carbocycles. The minimum atomic E-state index is -0.0719. The van der Waals surface area contributed by atoms with Gasteiger partial charge >= 0.3 is 0 Å². The van der Waals surface area contributed by atoms with Gasteiger partial charge in [0.25, 0.3) is 0 Å². The Labute approximate surface area is 161 Å². The number of para-hydroxylation sites is 1. The van der Waals surface area contributed by atoms with Gasteiger partial charge in [0.15, 0.2) is 0 Å². The zero-order valence-electron chi connectivity index (χ0n) is 14.1. The van der Waals surface area contributed by atoms with E-state index in [1.54, 1.807) is 35.2 Å². The van der Waals surface area contributed by atoms with Gasteiger partial charge in [-0.2, -0.15) is 0 Å². The van der Waals surface area contributed by atoms with Gasteiger partial charge in [0.05, 0.1) is 16.5 Å². The first-order valence-corrected chi connectivity index (χ1v) is 10.5. The number of aryl methyl sites for hydroxylation is 1. The van der Waals surface area contributed by atoms with Crippen LogP contribution in [0.3, 0.4) is 0 Å². The Kier molecular flexibility index (Phi) is 6.04. The Morgan fingerprint density at radius 1 is 1.36 bits per heavy atom. The van der Waals surface area contributed by atoms with E-state index in [0.717, 1.165) is 23.7 Å². The zero-order valence-corrected chi connectivity index (χ0v) is 16.5. The molecule has 132 valence electrons. The number of hydrogen-bond donors (Lipinski definition) is 2. The molecule has 0 radical (unpaired) electrons. The number of thioether (sulfide) groups is 1. The highest BCUT2D eigenvalue weighted by molar-refractivity contribution is 8.00. The molecule has 2 heterocycles. The van der Waals surface area contributed by atoms with Crippen molar-refractivity contribution in [3.05, 3.63) is 45.8 Å². The van der Waals surface area contributed by atoms with E-state index in [0.29, 0.717) is 16.5 Å². The summed E-state index contributed by atoms with van der Waals surface area (Å²) < 4.78 is 0. The number of hydrogen-bond acceptors (Lipinski definition) is 5. The van der Waals surface area contributed by atoms with Crippen LogP contribution in [0.5, 0.6) is 0 Å². The Hall–Kier alpha value is -1.50. The monoisotopic (exact) mass is 393 g/mol. The van der Waals surface area contributed by atoms with Gasteiger partial charge in [-0.1, -0.05) is 37.6 Å². The third-order valence-corrected chi connectivity index (χ3v) is 6.46. The number of fused-ring (bicyclic) bond motifs is 1. The molecule has 1 atom stereocenters. The molecule has 0 fully saturated rings. The second-order valence-corrected chi connectivity index (χ2v) is 8.21. The molecule has 1 unspecified atom stereocenters.